The summed E-state index contributed by atoms with van der Waals surface area (Å²) in [7, 11) is 0. The van der Waals surface area contributed by atoms with Gasteiger partial charge in [-0.05, 0) is 31.0 Å². The van der Waals surface area contributed by atoms with Crippen molar-refractivity contribution >= 4 is 28.7 Å². The van der Waals surface area contributed by atoms with Crippen LogP contribution in [0.1, 0.15) is 68.1 Å². The van der Waals surface area contributed by atoms with Crippen molar-refractivity contribution in [3.05, 3.63) is 72.0 Å². The normalized spacial score (nSPS) is 14.2. The lowest BCUT2D eigenvalue weighted by molar-refractivity contribution is -0.123. The Bertz CT molecular complexity index is 1440. The van der Waals surface area contributed by atoms with E-state index in [1.165, 1.54) is 11.0 Å². The average Bonchev–Trinajstić information content (AvgIpc) is 3.58. The predicted octanol–water partition coefficient (Wildman–Crippen LogP) is 5.62. The first-order chi connectivity index (χ1) is 18.4. The molecule has 2 aromatic carbocycles. The van der Waals surface area contributed by atoms with Crippen LogP contribution in [0.25, 0.3) is 16.6 Å². The molecule has 1 aliphatic carbocycles. The fourth-order valence-corrected chi connectivity index (χ4v) is 5.02. The minimum Gasteiger partial charge on any atom is -0.407 e. The number of hydrogen-bond donors (Lipinski definition) is 1. The van der Waals surface area contributed by atoms with Gasteiger partial charge in [0.05, 0.1) is 16.8 Å². The molecule has 4 aromatic rings. The van der Waals surface area contributed by atoms with Crippen LogP contribution in [0, 0.1) is 11.7 Å². The number of rotatable bonds is 8. The third-order valence-corrected chi connectivity index (χ3v) is 7.06. The lowest BCUT2D eigenvalue weighted by atomic mass is 9.88. The van der Waals surface area contributed by atoms with Gasteiger partial charge in [-0.1, -0.05) is 68.5 Å². The van der Waals surface area contributed by atoms with Crippen LogP contribution < -0.4 is 10.2 Å². The third kappa shape index (κ3) is 5.18. The second-order valence-corrected chi connectivity index (χ2v) is 10.0. The number of amides is 2. The summed E-state index contributed by atoms with van der Waals surface area (Å²) in [5, 5.41) is 11.9. The van der Waals surface area contributed by atoms with Gasteiger partial charge in [-0.3, -0.25) is 14.5 Å². The van der Waals surface area contributed by atoms with E-state index in [2.05, 4.69) is 15.5 Å². The van der Waals surface area contributed by atoms with Gasteiger partial charge in [0.2, 0.25) is 11.8 Å². The summed E-state index contributed by atoms with van der Waals surface area (Å²) in [5.74, 6) is -0.324. The maximum Gasteiger partial charge on any atom is 0.325 e. The minimum atomic E-state index is -0.377. The SMILES string of the molecule is CC(C)c1nnc(N(CCNC(=O)c2cn(-c3ccccc3F)c3ccccc23)C(=O)C2CCCCC2)o1. The number of anilines is 1. The molecule has 0 saturated heterocycles. The summed E-state index contributed by atoms with van der Waals surface area (Å²) in [6, 6.07) is 14.0. The van der Waals surface area contributed by atoms with E-state index in [4.69, 9.17) is 4.42 Å². The van der Waals surface area contributed by atoms with Crippen molar-refractivity contribution in [1.29, 1.82) is 0 Å². The summed E-state index contributed by atoms with van der Waals surface area (Å²) >= 11 is 0. The quantitative estimate of drug-likeness (QED) is 0.328. The second-order valence-electron chi connectivity index (χ2n) is 10.0. The number of nitrogens with one attached hydrogen (secondary N) is 1. The van der Waals surface area contributed by atoms with E-state index in [9.17, 15) is 14.0 Å². The molecule has 2 heterocycles. The molecule has 1 N–H and O–H groups in total. The minimum absolute atomic E-state index is 0.0364. The lowest BCUT2D eigenvalue weighted by Gasteiger charge is -2.26. The van der Waals surface area contributed by atoms with Gasteiger partial charge in [-0.15, -0.1) is 5.10 Å². The highest BCUT2D eigenvalue weighted by atomic mass is 19.1. The van der Waals surface area contributed by atoms with E-state index in [0.29, 0.717) is 22.5 Å². The molecule has 5 rings (SSSR count). The van der Waals surface area contributed by atoms with Crippen molar-refractivity contribution in [2.75, 3.05) is 18.0 Å². The molecule has 2 amide bonds. The van der Waals surface area contributed by atoms with Crippen molar-refractivity contribution in [2.45, 2.75) is 51.9 Å². The number of carbonyl (C=O) groups excluding carboxylic acids is 2. The van der Waals surface area contributed by atoms with Gasteiger partial charge >= 0.3 is 6.01 Å². The Kier molecular flexibility index (Phi) is 7.53. The predicted molar refractivity (Wildman–Crippen MR) is 143 cm³/mol. The topological polar surface area (TPSA) is 93.3 Å². The molecular weight excluding hydrogens is 485 g/mol. The largest absolute Gasteiger partial charge is 0.407 e. The number of nitrogens with zero attached hydrogens (tertiary/aromatic N) is 4. The average molecular weight is 518 g/mol. The Morgan fingerprint density at radius 2 is 1.82 bits per heavy atom. The molecule has 1 fully saturated rings. The van der Waals surface area contributed by atoms with E-state index < -0.39 is 0 Å². The highest BCUT2D eigenvalue weighted by molar-refractivity contribution is 6.07. The van der Waals surface area contributed by atoms with Crippen molar-refractivity contribution in [3.63, 3.8) is 0 Å². The molecular formula is C29H32FN5O3. The number of aromatic nitrogens is 3. The smallest absolute Gasteiger partial charge is 0.325 e. The molecule has 9 heteroatoms. The summed E-state index contributed by atoms with van der Waals surface area (Å²) in [4.78, 5) is 28.2. The standard InChI is InChI=1S/C29H32FN5O3/c1-19(2)27-32-33-29(38-27)34(28(37)20-10-4-3-5-11-20)17-16-31-26(36)22-18-35(24-14-8-6-12-21(22)24)25-15-9-7-13-23(25)30/h6-9,12-15,18-20H,3-5,10-11,16-17H2,1-2H3,(H,31,36). The van der Waals surface area contributed by atoms with Gasteiger partial charge in [0.25, 0.3) is 5.91 Å². The Morgan fingerprint density at radius 3 is 2.55 bits per heavy atom. The van der Waals surface area contributed by atoms with Crippen LogP contribution in [0.4, 0.5) is 10.4 Å². The number of carbonyl (C=O) groups is 2. The number of hydrogen-bond acceptors (Lipinski definition) is 5. The van der Waals surface area contributed by atoms with Crippen LogP contribution >= 0.6 is 0 Å². The van der Waals surface area contributed by atoms with Crippen LogP contribution in [-0.2, 0) is 4.79 Å². The monoisotopic (exact) mass is 517 g/mol. The fourth-order valence-electron chi connectivity index (χ4n) is 5.02. The molecule has 8 nitrogen and oxygen atoms in total. The molecule has 1 saturated carbocycles. The van der Waals surface area contributed by atoms with E-state index in [1.807, 2.05) is 38.1 Å². The van der Waals surface area contributed by atoms with Crippen molar-refractivity contribution < 1.29 is 18.4 Å². The highest BCUT2D eigenvalue weighted by Crippen LogP contribution is 2.29. The van der Waals surface area contributed by atoms with Crippen LogP contribution in [0.5, 0.6) is 0 Å². The molecule has 0 bridgehead atoms. The number of halogens is 1. The summed E-state index contributed by atoms with van der Waals surface area (Å²) in [6.07, 6.45) is 6.50. The number of para-hydroxylation sites is 2. The van der Waals surface area contributed by atoms with E-state index >= 15 is 0 Å². The summed E-state index contributed by atoms with van der Waals surface area (Å²) < 4.78 is 22.1. The van der Waals surface area contributed by atoms with Crippen molar-refractivity contribution in [1.82, 2.24) is 20.1 Å². The molecule has 0 unspecified atom stereocenters. The Morgan fingerprint density at radius 1 is 1.08 bits per heavy atom. The van der Waals surface area contributed by atoms with Gasteiger partial charge in [0.1, 0.15) is 5.82 Å². The van der Waals surface area contributed by atoms with Crippen LogP contribution in [0.2, 0.25) is 0 Å². The Hall–Kier alpha value is -4.01. The zero-order valence-corrected chi connectivity index (χ0v) is 21.7. The summed E-state index contributed by atoms with van der Waals surface area (Å²) in [5.41, 5.74) is 1.52. The van der Waals surface area contributed by atoms with E-state index in [-0.39, 0.29) is 48.6 Å². The van der Waals surface area contributed by atoms with Crippen LogP contribution in [0.3, 0.4) is 0 Å². The van der Waals surface area contributed by atoms with Crippen LogP contribution in [-0.4, -0.2) is 39.7 Å². The first-order valence-corrected chi connectivity index (χ1v) is 13.2. The van der Waals surface area contributed by atoms with Gasteiger partial charge in [-0.2, -0.15) is 0 Å². The fraction of sp³-hybridized carbons (Fsp3) is 0.379. The van der Waals surface area contributed by atoms with Gasteiger partial charge in [0, 0.05) is 36.5 Å². The highest BCUT2D eigenvalue weighted by Gasteiger charge is 2.30. The van der Waals surface area contributed by atoms with Crippen molar-refractivity contribution in [3.8, 4) is 5.69 Å². The molecule has 2 aromatic heterocycles. The van der Waals surface area contributed by atoms with Gasteiger partial charge in [-0.25, -0.2) is 4.39 Å². The maximum absolute atomic E-state index is 14.6. The Balaban J connectivity index is 1.35. The molecule has 198 valence electrons. The zero-order chi connectivity index (χ0) is 26.6. The zero-order valence-electron chi connectivity index (χ0n) is 21.7. The first kappa shape index (κ1) is 25.6. The Labute approximate surface area is 220 Å². The maximum atomic E-state index is 14.6. The van der Waals surface area contributed by atoms with Gasteiger partial charge < -0.3 is 14.3 Å². The number of benzene rings is 2. The second kappa shape index (κ2) is 11.2. The van der Waals surface area contributed by atoms with E-state index in [0.717, 1.165) is 37.6 Å². The molecule has 0 atom stereocenters. The summed E-state index contributed by atoms with van der Waals surface area (Å²) in [6.45, 7) is 4.29. The molecule has 38 heavy (non-hydrogen) atoms. The number of fused-ring (bicyclic) bond motifs is 1. The lowest BCUT2D eigenvalue weighted by Crippen LogP contribution is -2.42. The first-order valence-electron chi connectivity index (χ1n) is 13.2. The third-order valence-electron chi connectivity index (χ3n) is 7.06. The van der Waals surface area contributed by atoms with Crippen LogP contribution in [0.15, 0.2) is 59.1 Å². The molecule has 0 radical (unpaired) electrons. The molecule has 0 spiro atoms. The van der Waals surface area contributed by atoms with Crippen molar-refractivity contribution in [2.24, 2.45) is 5.92 Å². The van der Waals surface area contributed by atoms with Gasteiger partial charge in [0.15, 0.2) is 0 Å². The van der Waals surface area contributed by atoms with E-state index in [1.54, 1.807) is 29.0 Å². The molecule has 0 aliphatic heterocycles. The molecule has 1 aliphatic rings.